The van der Waals surface area contributed by atoms with E-state index in [0.29, 0.717) is 5.92 Å². The van der Waals surface area contributed by atoms with Crippen molar-refractivity contribution >= 4 is 0 Å². The van der Waals surface area contributed by atoms with Crippen LogP contribution in [0.25, 0.3) is 0 Å². The molecule has 0 aliphatic heterocycles. The van der Waals surface area contributed by atoms with Gasteiger partial charge >= 0.3 is 0 Å². The second-order valence-corrected chi connectivity index (χ2v) is 3.15. The van der Waals surface area contributed by atoms with Gasteiger partial charge in [0.15, 0.2) is 0 Å². The highest BCUT2D eigenvalue weighted by Crippen LogP contribution is 2.46. The summed E-state index contributed by atoms with van der Waals surface area (Å²) in [6.07, 6.45) is 5.24. The van der Waals surface area contributed by atoms with Gasteiger partial charge in [-0.1, -0.05) is 19.4 Å². The molecule has 1 atom stereocenters. The molecular formula is C9H13N. The molecule has 0 amide bonds. The monoisotopic (exact) mass is 135 g/mol. The molecule has 0 aromatic carbocycles. The van der Waals surface area contributed by atoms with Crippen LogP contribution in [0.15, 0.2) is 12.7 Å². The summed E-state index contributed by atoms with van der Waals surface area (Å²) in [7, 11) is 0. The number of nitrogens with zero attached hydrogens (tertiary/aromatic N) is 1. The van der Waals surface area contributed by atoms with E-state index in [1.807, 2.05) is 6.08 Å². The molecule has 1 rings (SSSR count). The van der Waals surface area contributed by atoms with Crippen molar-refractivity contribution in [3.8, 4) is 6.07 Å². The maximum absolute atomic E-state index is 8.84. The lowest BCUT2D eigenvalue weighted by atomic mass is 9.63. The quantitative estimate of drug-likeness (QED) is 0.534. The zero-order valence-corrected chi connectivity index (χ0v) is 6.43. The molecular weight excluding hydrogens is 122 g/mol. The van der Waals surface area contributed by atoms with Gasteiger partial charge in [0.2, 0.25) is 0 Å². The van der Waals surface area contributed by atoms with Gasteiger partial charge in [-0.3, -0.25) is 0 Å². The molecule has 0 bridgehead atoms. The molecule has 0 radical (unpaired) electrons. The fourth-order valence-electron chi connectivity index (χ4n) is 1.45. The number of hydrogen-bond donors (Lipinski definition) is 0. The molecule has 1 aliphatic carbocycles. The molecule has 1 nitrogen and oxygen atoms in total. The van der Waals surface area contributed by atoms with Crippen LogP contribution in [-0.2, 0) is 0 Å². The van der Waals surface area contributed by atoms with Crippen LogP contribution in [0.1, 0.15) is 26.2 Å². The molecule has 1 aliphatic rings. The minimum Gasteiger partial charge on any atom is -0.198 e. The lowest BCUT2D eigenvalue weighted by Gasteiger charge is -2.39. The first-order valence-corrected chi connectivity index (χ1v) is 3.79. The molecule has 1 saturated carbocycles. The zero-order chi connectivity index (χ0) is 7.61. The Hall–Kier alpha value is -0.770. The van der Waals surface area contributed by atoms with E-state index in [2.05, 4.69) is 19.6 Å². The Morgan fingerprint density at radius 3 is 2.40 bits per heavy atom. The lowest BCUT2D eigenvalue weighted by molar-refractivity contribution is 0.159. The SMILES string of the molecule is C=CC(C)C1(C#N)CCC1. The van der Waals surface area contributed by atoms with Gasteiger partial charge in [0.25, 0.3) is 0 Å². The number of rotatable bonds is 2. The van der Waals surface area contributed by atoms with Crippen molar-refractivity contribution in [2.75, 3.05) is 0 Å². The van der Waals surface area contributed by atoms with Crippen molar-refractivity contribution in [1.82, 2.24) is 0 Å². The lowest BCUT2D eigenvalue weighted by Crippen LogP contribution is -2.33. The summed E-state index contributed by atoms with van der Waals surface area (Å²) < 4.78 is 0. The first-order valence-electron chi connectivity index (χ1n) is 3.79. The Morgan fingerprint density at radius 2 is 2.30 bits per heavy atom. The second-order valence-electron chi connectivity index (χ2n) is 3.15. The summed E-state index contributed by atoms with van der Waals surface area (Å²) in [6.45, 7) is 5.78. The van der Waals surface area contributed by atoms with Crippen molar-refractivity contribution in [1.29, 1.82) is 5.26 Å². The summed E-state index contributed by atoms with van der Waals surface area (Å²) in [5, 5.41) is 8.84. The molecule has 54 valence electrons. The maximum atomic E-state index is 8.84. The van der Waals surface area contributed by atoms with Gasteiger partial charge in [-0.2, -0.15) is 5.26 Å². The number of allylic oxidation sites excluding steroid dienone is 1. The Kier molecular flexibility index (Phi) is 1.80. The standard InChI is InChI=1S/C9H13N/c1-3-8(2)9(7-10)5-4-6-9/h3,8H,1,4-6H2,2H3. The number of nitriles is 1. The average Bonchev–Trinajstić information content (AvgIpc) is 1.86. The highest BCUT2D eigenvalue weighted by Gasteiger charge is 2.40. The van der Waals surface area contributed by atoms with Crippen LogP contribution in [0.2, 0.25) is 0 Å². The molecule has 1 unspecified atom stereocenters. The van der Waals surface area contributed by atoms with E-state index in [-0.39, 0.29) is 5.41 Å². The Balaban J connectivity index is 2.66. The Bertz CT molecular complexity index is 172. The molecule has 0 spiro atoms. The summed E-state index contributed by atoms with van der Waals surface area (Å²) in [4.78, 5) is 0. The zero-order valence-electron chi connectivity index (χ0n) is 6.43. The molecule has 1 fully saturated rings. The van der Waals surface area contributed by atoms with Crippen molar-refractivity contribution in [3.05, 3.63) is 12.7 Å². The van der Waals surface area contributed by atoms with E-state index in [9.17, 15) is 0 Å². The summed E-state index contributed by atoms with van der Waals surface area (Å²) >= 11 is 0. The predicted molar refractivity (Wildman–Crippen MR) is 41.3 cm³/mol. The molecule has 1 heteroatoms. The van der Waals surface area contributed by atoms with Crippen LogP contribution in [0, 0.1) is 22.7 Å². The van der Waals surface area contributed by atoms with E-state index in [0.717, 1.165) is 12.8 Å². The van der Waals surface area contributed by atoms with Gasteiger partial charge < -0.3 is 0 Å². The van der Waals surface area contributed by atoms with Gasteiger partial charge in [-0.05, 0) is 18.8 Å². The maximum Gasteiger partial charge on any atom is 0.0695 e. The van der Waals surface area contributed by atoms with Crippen LogP contribution >= 0.6 is 0 Å². The molecule has 10 heavy (non-hydrogen) atoms. The van der Waals surface area contributed by atoms with Gasteiger partial charge in [-0.15, -0.1) is 6.58 Å². The summed E-state index contributed by atoms with van der Waals surface area (Å²) in [5.41, 5.74) is -0.0399. The third-order valence-corrected chi connectivity index (χ3v) is 2.69. The largest absolute Gasteiger partial charge is 0.198 e. The molecule has 0 saturated heterocycles. The average molecular weight is 135 g/mol. The van der Waals surface area contributed by atoms with Crippen LogP contribution in [0.4, 0.5) is 0 Å². The summed E-state index contributed by atoms with van der Waals surface area (Å²) in [6, 6.07) is 2.39. The first-order chi connectivity index (χ1) is 4.75. The Labute approximate surface area is 62.4 Å². The smallest absolute Gasteiger partial charge is 0.0695 e. The minimum atomic E-state index is -0.0399. The van der Waals surface area contributed by atoms with Crippen molar-refractivity contribution in [2.45, 2.75) is 26.2 Å². The van der Waals surface area contributed by atoms with Crippen LogP contribution < -0.4 is 0 Å². The third-order valence-electron chi connectivity index (χ3n) is 2.69. The predicted octanol–water partition coefficient (Wildman–Crippen LogP) is 2.50. The van der Waals surface area contributed by atoms with Crippen LogP contribution in [0.3, 0.4) is 0 Å². The van der Waals surface area contributed by atoms with Crippen molar-refractivity contribution in [2.24, 2.45) is 11.3 Å². The fraction of sp³-hybridized carbons (Fsp3) is 0.667. The van der Waals surface area contributed by atoms with Gasteiger partial charge in [0, 0.05) is 0 Å². The van der Waals surface area contributed by atoms with Gasteiger partial charge in [0.1, 0.15) is 0 Å². The van der Waals surface area contributed by atoms with E-state index < -0.39 is 0 Å². The number of hydrogen-bond acceptors (Lipinski definition) is 1. The second kappa shape index (κ2) is 2.46. The van der Waals surface area contributed by atoms with Gasteiger partial charge in [-0.25, -0.2) is 0 Å². The van der Waals surface area contributed by atoms with Crippen LogP contribution in [-0.4, -0.2) is 0 Å². The highest BCUT2D eigenvalue weighted by molar-refractivity contribution is 5.10. The fourth-order valence-corrected chi connectivity index (χ4v) is 1.45. The first kappa shape index (κ1) is 7.34. The van der Waals surface area contributed by atoms with Crippen molar-refractivity contribution in [3.63, 3.8) is 0 Å². The normalized spacial score (nSPS) is 24.0. The summed E-state index contributed by atoms with van der Waals surface area (Å²) in [5.74, 6) is 0.367. The van der Waals surface area contributed by atoms with E-state index in [1.54, 1.807) is 0 Å². The molecule has 0 aromatic rings. The topological polar surface area (TPSA) is 23.8 Å². The van der Waals surface area contributed by atoms with Crippen molar-refractivity contribution < 1.29 is 0 Å². The van der Waals surface area contributed by atoms with Crippen LogP contribution in [0.5, 0.6) is 0 Å². The molecule has 0 heterocycles. The van der Waals surface area contributed by atoms with E-state index in [1.165, 1.54) is 6.42 Å². The highest BCUT2D eigenvalue weighted by atomic mass is 14.5. The van der Waals surface area contributed by atoms with Gasteiger partial charge in [0.05, 0.1) is 11.5 Å². The van der Waals surface area contributed by atoms with E-state index in [4.69, 9.17) is 5.26 Å². The Morgan fingerprint density at radius 1 is 1.70 bits per heavy atom. The molecule has 0 N–H and O–H groups in total. The molecule has 0 aromatic heterocycles. The minimum absolute atomic E-state index is 0.0399. The van der Waals surface area contributed by atoms with E-state index >= 15 is 0 Å². The third kappa shape index (κ3) is 0.844.